The smallest absolute Gasteiger partial charge is 0.227 e. The van der Waals surface area contributed by atoms with E-state index in [2.05, 4.69) is 63.9 Å². The van der Waals surface area contributed by atoms with Crippen molar-refractivity contribution in [1.82, 2.24) is 20.2 Å². The summed E-state index contributed by atoms with van der Waals surface area (Å²) in [4.78, 5) is 20.2. The monoisotopic (exact) mass is 620 g/mol. The summed E-state index contributed by atoms with van der Waals surface area (Å²) in [7, 11) is 0. The van der Waals surface area contributed by atoms with Crippen LogP contribution in [0.4, 0.5) is 0 Å². The van der Waals surface area contributed by atoms with E-state index in [-0.39, 0.29) is 5.92 Å². The molecule has 0 aromatic carbocycles. The average Bonchev–Trinajstić information content (AvgIpc) is 3.17. The molecule has 7 heteroatoms. The van der Waals surface area contributed by atoms with Gasteiger partial charge in [0.2, 0.25) is 5.91 Å². The lowest BCUT2D eigenvalue weighted by Gasteiger charge is -2.51. The van der Waals surface area contributed by atoms with Crippen LogP contribution < -0.4 is 5.43 Å². The number of halogens is 1. The van der Waals surface area contributed by atoms with Crippen LogP contribution in [0, 0.1) is 29.6 Å². The second kappa shape index (κ2) is 12.8. The van der Waals surface area contributed by atoms with Crippen LogP contribution in [-0.4, -0.2) is 88.1 Å². The second-order valence-electron chi connectivity index (χ2n) is 14.7. The van der Waals surface area contributed by atoms with E-state index in [0.717, 1.165) is 63.8 Å². The number of nitrogens with zero attached hydrogens (tertiary/aromatic N) is 3. The van der Waals surface area contributed by atoms with Crippen LogP contribution in [0.15, 0.2) is 0 Å². The Morgan fingerprint density at radius 2 is 1.75 bits per heavy atom. The highest BCUT2D eigenvalue weighted by Crippen LogP contribution is 2.46. The first kappa shape index (κ1) is 29.8. The number of hydrazine groups is 1. The third kappa shape index (κ3) is 5.69. The number of hydrogen-bond acceptors (Lipinski definition) is 5. The van der Waals surface area contributed by atoms with Gasteiger partial charge in [0.25, 0.3) is 0 Å². The van der Waals surface area contributed by atoms with Gasteiger partial charge in [-0.1, -0.05) is 56.5 Å². The number of carbonyl (C=O) groups excluding carboxylic acids is 1. The van der Waals surface area contributed by atoms with Crippen LogP contribution in [-0.2, 0) is 9.53 Å². The number of likely N-dealkylation sites (tertiary alicyclic amines) is 1. The number of hydrogen-bond donors (Lipinski definition) is 1. The van der Waals surface area contributed by atoms with Crippen LogP contribution in [0.25, 0.3) is 0 Å². The summed E-state index contributed by atoms with van der Waals surface area (Å²) in [5, 5.41) is 2.75. The molecular weight excluding hydrogens is 564 g/mol. The molecule has 3 saturated carbocycles. The fourth-order valence-electron chi connectivity index (χ4n) is 9.92. The van der Waals surface area contributed by atoms with E-state index in [1.165, 1.54) is 51.4 Å². The van der Waals surface area contributed by atoms with Crippen molar-refractivity contribution in [2.24, 2.45) is 29.6 Å². The number of amides is 1. The van der Waals surface area contributed by atoms with Crippen molar-refractivity contribution >= 4 is 21.8 Å². The molecule has 6 aliphatic rings. The van der Waals surface area contributed by atoms with Crippen LogP contribution in [0.5, 0.6) is 0 Å². The van der Waals surface area contributed by atoms with Crippen molar-refractivity contribution in [3.63, 3.8) is 0 Å². The van der Waals surface area contributed by atoms with Crippen LogP contribution in [0.3, 0.4) is 0 Å². The number of piperidine rings is 1. The van der Waals surface area contributed by atoms with E-state index in [1.807, 2.05) is 0 Å². The van der Waals surface area contributed by atoms with Crippen molar-refractivity contribution in [2.75, 3.05) is 26.2 Å². The predicted octanol–water partition coefficient (Wildman–Crippen LogP) is 5.84. The minimum atomic E-state index is 0.110. The largest absolute Gasteiger partial charge is 0.377 e. The zero-order valence-corrected chi connectivity index (χ0v) is 27.4. The highest BCUT2D eigenvalue weighted by atomic mass is 79.9. The van der Waals surface area contributed by atoms with Crippen molar-refractivity contribution < 1.29 is 9.53 Å². The van der Waals surface area contributed by atoms with Gasteiger partial charge in [-0.25, -0.2) is 5.01 Å². The Morgan fingerprint density at radius 1 is 1.00 bits per heavy atom. The van der Waals surface area contributed by atoms with Crippen LogP contribution in [0.1, 0.15) is 105 Å². The summed E-state index contributed by atoms with van der Waals surface area (Å²) in [6.45, 7) is 13.3. The third-order valence-corrected chi connectivity index (χ3v) is 13.7. The predicted molar refractivity (Wildman–Crippen MR) is 165 cm³/mol. The molecule has 40 heavy (non-hydrogen) atoms. The Bertz CT molecular complexity index is 861. The maximum absolute atomic E-state index is 14.7. The standard InChI is InChI=1S/C33H57BrN4O2/c1-5-36(20-25-17-19-40-25)32-22(4)27(34)15-14-26(32)33(39)37-18-16-30-31-28(8-6-7-9-29(31)37)35-38(30)24-12-10-23(11-13-24)21(2)3/h21-32,35H,5-20H2,1-4H3. The topological polar surface area (TPSA) is 48.1 Å². The molecule has 0 aromatic rings. The molecule has 0 bridgehead atoms. The fraction of sp³-hybridized carbons (Fsp3) is 0.970. The first-order chi connectivity index (χ1) is 19.4. The van der Waals surface area contributed by atoms with Gasteiger partial charge in [0, 0.05) is 60.7 Å². The van der Waals surface area contributed by atoms with Crippen molar-refractivity contribution in [3.05, 3.63) is 0 Å². The third-order valence-electron chi connectivity index (χ3n) is 12.4. The van der Waals surface area contributed by atoms with E-state index in [9.17, 15) is 4.79 Å². The molecule has 228 valence electrons. The fourth-order valence-corrected chi connectivity index (χ4v) is 10.5. The van der Waals surface area contributed by atoms with E-state index in [4.69, 9.17) is 4.74 Å². The van der Waals surface area contributed by atoms with Gasteiger partial charge in [-0.2, -0.15) is 0 Å². The summed E-state index contributed by atoms with van der Waals surface area (Å²) in [5.41, 5.74) is 4.11. The molecule has 6 nitrogen and oxygen atoms in total. The minimum absolute atomic E-state index is 0.110. The maximum atomic E-state index is 14.7. The molecule has 9 atom stereocenters. The van der Waals surface area contributed by atoms with Gasteiger partial charge >= 0.3 is 0 Å². The quantitative estimate of drug-likeness (QED) is 0.362. The normalized spacial score (nSPS) is 44.4. The Balaban J connectivity index is 1.19. The molecule has 3 saturated heterocycles. The van der Waals surface area contributed by atoms with Crippen LogP contribution in [0.2, 0.25) is 0 Å². The van der Waals surface area contributed by atoms with E-state index < -0.39 is 0 Å². The zero-order chi connectivity index (χ0) is 28.0. The van der Waals surface area contributed by atoms with E-state index in [1.54, 1.807) is 0 Å². The molecule has 0 aromatic heterocycles. The number of alkyl halides is 1. The number of nitrogens with one attached hydrogen (secondary N) is 1. The van der Waals surface area contributed by atoms with Crippen LogP contribution >= 0.6 is 15.9 Å². The lowest BCUT2D eigenvalue weighted by atomic mass is 9.74. The first-order valence-electron chi connectivity index (χ1n) is 17.2. The Hall–Kier alpha value is -0.210. The molecule has 3 aliphatic carbocycles. The van der Waals surface area contributed by atoms with Gasteiger partial charge in [0.05, 0.1) is 12.0 Å². The van der Waals surface area contributed by atoms with Gasteiger partial charge in [-0.15, -0.1) is 0 Å². The average molecular weight is 622 g/mol. The summed E-state index contributed by atoms with van der Waals surface area (Å²) in [6.07, 6.45) is 15.2. The molecule has 1 amide bonds. The maximum Gasteiger partial charge on any atom is 0.227 e. The van der Waals surface area contributed by atoms with Gasteiger partial charge < -0.3 is 9.64 Å². The number of ether oxygens (including phenoxy) is 1. The zero-order valence-electron chi connectivity index (χ0n) is 25.8. The molecule has 0 spiro atoms. The Morgan fingerprint density at radius 3 is 2.42 bits per heavy atom. The lowest BCUT2D eigenvalue weighted by molar-refractivity contribution is -0.148. The second-order valence-corrected chi connectivity index (χ2v) is 15.9. The van der Waals surface area contributed by atoms with Crippen molar-refractivity contribution in [1.29, 1.82) is 0 Å². The van der Waals surface area contributed by atoms with Gasteiger partial charge in [-0.05, 0) is 88.5 Å². The molecular formula is C33H57BrN4O2. The summed E-state index contributed by atoms with van der Waals surface area (Å²) in [5.74, 6) is 3.36. The molecule has 6 fully saturated rings. The highest BCUT2D eigenvalue weighted by molar-refractivity contribution is 9.09. The number of carbonyl (C=O) groups is 1. The first-order valence-corrected chi connectivity index (χ1v) is 18.1. The minimum Gasteiger partial charge on any atom is -0.377 e. The summed E-state index contributed by atoms with van der Waals surface area (Å²) < 4.78 is 5.86. The molecule has 0 radical (unpaired) electrons. The SMILES string of the molecule is CCN(CC1CCO1)C1C(C(=O)N2CCC3C4C(CCCCC42)NN3C2CCC(C(C)C)CC2)CCC(Br)C1C. The summed E-state index contributed by atoms with van der Waals surface area (Å²) >= 11 is 4.01. The molecule has 3 aliphatic heterocycles. The van der Waals surface area contributed by atoms with Gasteiger partial charge in [0.1, 0.15) is 0 Å². The Labute approximate surface area is 252 Å². The number of likely N-dealkylation sites (N-methyl/N-ethyl adjacent to an activating group) is 1. The Kier molecular flexibility index (Phi) is 9.55. The van der Waals surface area contributed by atoms with Crippen molar-refractivity contribution in [3.8, 4) is 0 Å². The van der Waals surface area contributed by atoms with E-state index >= 15 is 0 Å². The van der Waals surface area contributed by atoms with Gasteiger partial charge in [0.15, 0.2) is 0 Å². The van der Waals surface area contributed by atoms with E-state index in [0.29, 0.717) is 58.9 Å². The number of rotatable bonds is 7. The lowest BCUT2D eigenvalue weighted by Crippen LogP contribution is -2.62. The molecule has 1 N–H and O–H groups in total. The molecule has 6 rings (SSSR count). The highest BCUT2D eigenvalue weighted by Gasteiger charge is 2.54. The molecule has 9 unspecified atom stereocenters. The van der Waals surface area contributed by atoms with Crippen molar-refractivity contribution in [2.45, 2.75) is 146 Å². The summed E-state index contributed by atoms with van der Waals surface area (Å²) in [6, 6.07) is 2.54. The van der Waals surface area contributed by atoms with Gasteiger partial charge in [-0.3, -0.25) is 15.1 Å². The molecule has 3 heterocycles.